The highest BCUT2D eigenvalue weighted by molar-refractivity contribution is 8.03. The Morgan fingerprint density at radius 1 is 1.09 bits per heavy atom. The Morgan fingerprint density at radius 2 is 1.88 bits per heavy atom. The Hall–Kier alpha value is -3.43. The third-order valence-corrected chi connectivity index (χ3v) is 7.35. The van der Waals surface area contributed by atoms with Crippen LogP contribution < -0.4 is 9.64 Å². The van der Waals surface area contributed by atoms with E-state index < -0.39 is 0 Å². The molecule has 1 amide bonds. The standard InChI is InChI=1S/C26H23N3O2S/c1-17-7-10-19(11-8-17)28-15-29-24(30)13-21(22(14-27)26(29)32-16-28)25-20-6-4-3-5-18(20)9-12-23(25)31-2/h3-12,21H,13,15-16H2,1-2H3. The van der Waals surface area contributed by atoms with E-state index in [2.05, 4.69) is 42.2 Å². The van der Waals surface area contributed by atoms with Gasteiger partial charge >= 0.3 is 0 Å². The maximum atomic E-state index is 13.3. The van der Waals surface area contributed by atoms with Crippen molar-refractivity contribution in [2.24, 2.45) is 0 Å². The topological polar surface area (TPSA) is 56.6 Å². The molecule has 2 aliphatic rings. The van der Waals surface area contributed by atoms with Gasteiger partial charge in [0.2, 0.25) is 5.91 Å². The maximum Gasteiger partial charge on any atom is 0.229 e. The average Bonchev–Trinajstić information content (AvgIpc) is 2.83. The van der Waals surface area contributed by atoms with Gasteiger partial charge in [-0.2, -0.15) is 5.26 Å². The van der Waals surface area contributed by atoms with E-state index in [0.29, 0.717) is 23.9 Å². The largest absolute Gasteiger partial charge is 0.496 e. The predicted molar refractivity (Wildman–Crippen MR) is 128 cm³/mol. The molecule has 1 atom stereocenters. The van der Waals surface area contributed by atoms with E-state index in [9.17, 15) is 10.1 Å². The molecule has 0 saturated carbocycles. The zero-order chi connectivity index (χ0) is 22.2. The number of aryl methyl sites for hydroxylation is 1. The zero-order valence-corrected chi connectivity index (χ0v) is 18.9. The summed E-state index contributed by atoms with van der Waals surface area (Å²) >= 11 is 1.56. The number of hydrogen-bond acceptors (Lipinski definition) is 5. The van der Waals surface area contributed by atoms with Gasteiger partial charge in [-0.25, -0.2) is 0 Å². The fourth-order valence-corrected chi connectivity index (χ4v) is 5.71. The van der Waals surface area contributed by atoms with E-state index in [0.717, 1.165) is 27.1 Å². The summed E-state index contributed by atoms with van der Waals surface area (Å²) in [4.78, 5) is 17.3. The van der Waals surface area contributed by atoms with Gasteiger partial charge in [-0.15, -0.1) is 0 Å². The van der Waals surface area contributed by atoms with Gasteiger partial charge in [0.1, 0.15) is 5.75 Å². The van der Waals surface area contributed by atoms with E-state index in [1.54, 1.807) is 23.8 Å². The number of amides is 1. The summed E-state index contributed by atoms with van der Waals surface area (Å²) in [6.07, 6.45) is 0.249. The van der Waals surface area contributed by atoms with Crippen LogP contribution in [0.15, 0.2) is 71.3 Å². The lowest BCUT2D eigenvalue weighted by Crippen LogP contribution is -2.47. The van der Waals surface area contributed by atoms with Crippen molar-refractivity contribution in [2.75, 3.05) is 24.6 Å². The minimum atomic E-state index is -0.321. The molecule has 1 fully saturated rings. The lowest BCUT2D eigenvalue weighted by atomic mass is 9.83. The number of fused-ring (bicyclic) bond motifs is 2. The van der Waals surface area contributed by atoms with Crippen LogP contribution in [0.4, 0.5) is 5.69 Å². The number of benzene rings is 3. The lowest BCUT2D eigenvalue weighted by molar-refractivity contribution is -0.129. The molecular formula is C26H23N3O2S. The Bertz CT molecular complexity index is 1280. The van der Waals surface area contributed by atoms with Crippen molar-refractivity contribution in [3.8, 4) is 11.8 Å². The first-order valence-electron chi connectivity index (χ1n) is 10.6. The molecule has 1 unspecified atom stereocenters. The third-order valence-electron chi connectivity index (χ3n) is 6.19. The number of ether oxygens (including phenoxy) is 1. The summed E-state index contributed by atoms with van der Waals surface area (Å²) in [5.74, 6) is 1.11. The molecule has 0 bridgehead atoms. The van der Waals surface area contributed by atoms with Crippen LogP contribution in [0.5, 0.6) is 5.75 Å². The Labute approximate surface area is 191 Å². The summed E-state index contributed by atoms with van der Waals surface area (Å²) in [5, 5.41) is 13.0. The van der Waals surface area contributed by atoms with Gasteiger partial charge < -0.3 is 9.64 Å². The van der Waals surface area contributed by atoms with Gasteiger partial charge in [0.05, 0.1) is 36.3 Å². The van der Waals surface area contributed by atoms with E-state index in [1.165, 1.54) is 5.56 Å². The normalized spacial score (nSPS) is 18.5. The Balaban J connectivity index is 1.57. The van der Waals surface area contributed by atoms with Gasteiger partial charge in [0, 0.05) is 23.6 Å². The first-order chi connectivity index (χ1) is 15.6. The number of allylic oxidation sites excluding steroid dienone is 1. The second-order valence-corrected chi connectivity index (χ2v) is 9.04. The SMILES string of the molecule is COc1ccc2ccccc2c1C1CC(=O)N2CN(c3ccc(C)cc3)CSC2=C1C#N. The molecule has 0 aliphatic carbocycles. The molecule has 0 N–H and O–H groups in total. The second-order valence-electron chi connectivity index (χ2n) is 8.10. The molecule has 5 nitrogen and oxygen atoms in total. The van der Waals surface area contributed by atoms with Crippen molar-refractivity contribution in [3.63, 3.8) is 0 Å². The number of nitriles is 1. The van der Waals surface area contributed by atoms with Crippen molar-refractivity contribution in [1.82, 2.24) is 4.90 Å². The molecule has 3 aromatic rings. The van der Waals surface area contributed by atoms with Crippen molar-refractivity contribution >= 4 is 34.1 Å². The van der Waals surface area contributed by atoms with E-state index >= 15 is 0 Å². The summed E-state index contributed by atoms with van der Waals surface area (Å²) in [6, 6.07) is 22.8. The van der Waals surface area contributed by atoms with Gasteiger partial charge in [0.15, 0.2) is 0 Å². The number of methoxy groups -OCH3 is 1. The summed E-state index contributed by atoms with van der Waals surface area (Å²) in [7, 11) is 1.64. The molecule has 3 aromatic carbocycles. The first-order valence-corrected chi connectivity index (χ1v) is 11.5. The molecule has 6 heteroatoms. The average molecular weight is 442 g/mol. The Morgan fingerprint density at radius 3 is 2.62 bits per heavy atom. The van der Waals surface area contributed by atoms with Crippen LogP contribution in [0.2, 0.25) is 0 Å². The van der Waals surface area contributed by atoms with E-state index in [1.807, 2.05) is 36.4 Å². The number of carbonyl (C=O) groups is 1. The fourth-order valence-electron chi connectivity index (χ4n) is 4.54. The molecule has 32 heavy (non-hydrogen) atoms. The number of anilines is 1. The van der Waals surface area contributed by atoms with Crippen LogP contribution in [-0.2, 0) is 4.79 Å². The maximum absolute atomic E-state index is 13.3. The monoisotopic (exact) mass is 441 g/mol. The lowest BCUT2D eigenvalue weighted by Gasteiger charge is -2.42. The highest BCUT2D eigenvalue weighted by Gasteiger charge is 2.39. The minimum Gasteiger partial charge on any atom is -0.496 e. The minimum absolute atomic E-state index is 0.0308. The number of thioether (sulfide) groups is 1. The van der Waals surface area contributed by atoms with Crippen LogP contribution >= 0.6 is 11.8 Å². The fraction of sp³-hybridized carbons (Fsp3) is 0.231. The molecule has 2 aliphatic heterocycles. The van der Waals surface area contributed by atoms with E-state index in [4.69, 9.17) is 4.74 Å². The summed E-state index contributed by atoms with van der Waals surface area (Å²) < 4.78 is 5.68. The van der Waals surface area contributed by atoms with Gasteiger partial charge in [-0.3, -0.25) is 9.69 Å². The smallest absolute Gasteiger partial charge is 0.229 e. The van der Waals surface area contributed by atoms with E-state index in [-0.39, 0.29) is 18.2 Å². The highest BCUT2D eigenvalue weighted by Crippen LogP contribution is 2.47. The van der Waals surface area contributed by atoms with Crippen molar-refractivity contribution in [1.29, 1.82) is 5.26 Å². The molecule has 0 aromatic heterocycles. The predicted octanol–water partition coefficient (Wildman–Crippen LogP) is 5.38. The molecule has 160 valence electrons. The van der Waals surface area contributed by atoms with Crippen LogP contribution in [0, 0.1) is 18.3 Å². The molecule has 0 radical (unpaired) electrons. The van der Waals surface area contributed by atoms with Gasteiger partial charge in [-0.05, 0) is 35.9 Å². The van der Waals surface area contributed by atoms with Crippen LogP contribution in [-0.4, -0.2) is 30.5 Å². The number of hydrogen-bond donors (Lipinski definition) is 0. The third kappa shape index (κ3) is 3.39. The molecule has 2 heterocycles. The van der Waals surface area contributed by atoms with Crippen LogP contribution in [0.3, 0.4) is 0 Å². The first kappa shape index (κ1) is 20.5. The van der Waals surface area contributed by atoms with Crippen molar-refractivity contribution in [2.45, 2.75) is 19.3 Å². The summed E-state index contributed by atoms with van der Waals surface area (Å²) in [6.45, 7) is 2.51. The highest BCUT2D eigenvalue weighted by atomic mass is 32.2. The molecule has 5 rings (SSSR count). The van der Waals surface area contributed by atoms with Gasteiger partial charge in [0.25, 0.3) is 0 Å². The number of nitrogens with zero attached hydrogens (tertiary/aromatic N) is 3. The van der Waals surface area contributed by atoms with Crippen molar-refractivity contribution in [3.05, 3.63) is 82.4 Å². The summed E-state index contributed by atoms with van der Waals surface area (Å²) in [5.41, 5.74) is 3.84. The molecular weight excluding hydrogens is 418 g/mol. The van der Waals surface area contributed by atoms with Gasteiger partial charge in [-0.1, -0.05) is 59.8 Å². The van der Waals surface area contributed by atoms with Crippen LogP contribution in [0.1, 0.15) is 23.5 Å². The molecule has 1 saturated heterocycles. The van der Waals surface area contributed by atoms with Crippen molar-refractivity contribution < 1.29 is 9.53 Å². The zero-order valence-electron chi connectivity index (χ0n) is 18.0. The second kappa shape index (κ2) is 8.25. The van der Waals surface area contributed by atoms with Crippen LogP contribution in [0.25, 0.3) is 10.8 Å². The number of rotatable bonds is 3. The molecule has 0 spiro atoms. The quantitative estimate of drug-likeness (QED) is 0.546. The number of carbonyl (C=O) groups excluding carboxylic acids is 1. The Kier molecular flexibility index (Phi) is 5.28.